The number of nitrogens with one attached hydrogen (secondary N) is 1. The number of nitrogens with zero attached hydrogens (tertiary/aromatic N) is 2. The third-order valence-corrected chi connectivity index (χ3v) is 4.99. The molecule has 0 aromatic rings. The summed E-state index contributed by atoms with van der Waals surface area (Å²) in [7, 11) is 0. The second kappa shape index (κ2) is 9.40. The molecule has 2 rings (SSSR count). The number of hydrogen-bond donors (Lipinski definition) is 2. The Bertz CT molecular complexity index is 401. The van der Waals surface area contributed by atoms with Crippen molar-refractivity contribution < 1.29 is 9.90 Å². The monoisotopic (exact) mass is 323 g/mol. The van der Waals surface area contributed by atoms with E-state index < -0.39 is 0 Å². The predicted molar refractivity (Wildman–Crippen MR) is 93.3 cm³/mol. The summed E-state index contributed by atoms with van der Waals surface area (Å²) in [6.45, 7) is 8.95. The van der Waals surface area contributed by atoms with E-state index in [9.17, 15) is 9.90 Å². The van der Waals surface area contributed by atoms with Crippen LogP contribution in [0.1, 0.15) is 46.0 Å². The topological polar surface area (TPSA) is 55.8 Å². The van der Waals surface area contributed by atoms with Gasteiger partial charge in [0.05, 0.1) is 12.1 Å². The van der Waals surface area contributed by atoms with E-state index in [-0.39, 0.29) is 18.1 Å². The molecule has 2 aliphatic rings. The van der Waals surface area contributed by atoms with Gasteiger partial charge in [-0.2, -0.15) is 0 Å². The Labute approximate surface area is 140 Å². The van der Waals surface area contributed by atoms with Crippen LogP contribution in [0.3, 0.4) is 0 Å². The number of rotatable bonds is 7. The van der Waals surface area contributed by atoms with Crippen LogP contribution in [0, 0.1) is 0 Å². The van der Waals surface area contributed by atoms with Gasteiger partial charge in [0.25, 0.3) is 0 Å². The minimum absolute atomic E-state index is 0.0657. The SMILES string of the molecule is CC(O)CN1CCN(C(C)C(=O)NCCC2=CCCCC2)CC1. The maximum atomic E-state index is 12.3. The number of carbonyl (C=O) groups excluding carboxylic acids is 1. The first-order chi connectivity index (χ1) is 11.1. The summed E-state index contributed by atoms with van der Waals surface area (Å²) in [5.41, 5.74) is 1.51. The van der Waals surface area contributed by atoms with Gasteiger partial charge in [0, 0.05) is 39.3 Å². The van der Waals surface area contributed by atoms with Crippen LogP contribution < -0.4 is 5.32 Å². The van der Waals surface area contributed by atoms with Gasteiger partial charge in [0.2, 0.25) is 5.91 Å². The van der Waals surface area contributed by atoms with Crippen molar-refractivity contribution in [3.8, 4) is 0 Å². The molecule has 1 heterocycles. The molecule has 132 valence electrons. The fourth-order valence-electron chi connectivity index (χ4n) is 3.50. The number of hydrogen-bond acceptors (Lipinski definition) is 4. The summed E-state index contributed by atoms with van der Waals surface area (Å²) < 4.78 is 0. The zero-order valence-corrected chi connectivity index (χ0v) is 14.8. The fourth-order valence-corrected chi connectivity index (χ4v) is 3.50. The van der Waals surface area contributed by atoms with Crippen molar-refractivity contribution in [2.24, 2.45) is 0 Å². The van der Waals surface area contributed by atoms with Gasteiger partial charge >= 0.3 is 0 Å². The highest BCUT2D eigenvalue weighted by atomic mass is 16.3. The van der Waals surface area contributed by atoms with Crippen LogP contribution >= 0.6 is 0 Å². The summed E-state index contributed by atoms with van der Waals surface area (Å²) in [4.78, 5) is 16.8. The van der Waals surface area contributed by atoms with Crippen molar-refractivity contribution in [2.45, 2.75) is 58.1 Å². The summed E-state index contributed by atoms with van der Waals surface area (Å²) in [5.74, 6) is 0.144. The van der Waals surface area contributed by atoms with Gasteiger partial charge in [-0.1, -0.05) is 11.6 Å². The number of carbonyl (C=O) groups is 1. The smallest absolute Gasteiger partial charge is 0.237 e. The zero-order chi connectivity index (χ0) is 16.7. The third-order valence-electron chi connectivity index (χ3n) is 4.99. The second-order valence-electron chi connectivity index (χ2n) is 7.01. The zero-order valence-electron chi connectivity index (χ0n) is 14.8. The van der Waals surface area contributed by atoms with Crippen LogP contribution in [0.25, 0.3) is 0 Å². The minimum atomic E-state index is -0.281. The first-order valence-corrected chi connectivity index (χ1v) is 9.16. The molecule has 1 aliphatic carbocycles. The van der Waals surface area contributed by atoms with Crippen LogP contribution in [-0.4, -0.2) is 72.2 Å². The molecular formula is C18H33N3O2. The van der Waals surface area contributed by atoms with Crippen molar-refractivity contribution in [3.63, 3.8) is 0 Å². The number of aliphatic hydroxyl groups is 1. The van der Waals surface area contributed by atoms with Crippen LogP contribution in [-0.2, 0) is 4.79 Å². The van der Waals surface area contributed by atoms with E-state index in [0.29, 0.717) is 0 Å². The molecule has 1 aliphatic heterocycles. The Morgan fingerprint density at radius 3 is 2.61 bits per heavy atom. The highest BCUT2D eigenvalue weighted by molar-refractivity contribution is 5.81. The molecule has 0 aromatic carbocycles. The molecule has 0 bridgehead atoms. The fraction of sp³-hybridized carbons (Fsp3) is 0.833. The van der Waals surface area contributed by atoms with Gasteiger partial charge in [-0.25, -0.2) is 0 Å². The van der Waals surface area contributed by atoms with E-state index in [1.165, 1.54) is 31.3 Å². The average Bonchev–Trinajstić information content (AvgIpc) is 2.55. The van der Waals surface area contributed by atoms with E-state index in [4.69, 9.17) is 0 Å². The van der Waals surface area contributed by atoms with Gasteiger partial charge < -0.3 is 10.4 Å². The lowest BCUT2D eigenvalue weighted by Crippen LogP contribution is -2.54. The molecule has 1 amide bonds. The molecule has 5 heteroatoms. The molecule has 5 nitrogen and oxygen atoms in total. The summed E-state index contributed by atoms with van der Waals surface area (Å²) >= 11 is 0. The van der Waals surface area contributed by atoms with Crippen molar-refractivity contribution in [1.82, 2.24) is 15.1 Å². The summed E-state index contributed by atoms with van der Waals surface area (Å²) in [6, 6.07) is -0.0657. The van der Waals surface area contributed by atoms with Gasteiger partial charge in [-0.15, -0.1) is 0 Å². The molecule has 2 unspecified atom stereocenters. The van der Waals surface area contributed by atoms with Crippen LogP contribution in [0.4, 0.5) is 0 Å². The molecule has 2 N–H and O–H groups in total. The van der Waals surface area contributed by atoms with Crippen molar-refractivity contribution >= 4 is 5.91 Å². The Balaban J connectivity index is 1.65. The number of allylic oxidation sites excluding steroid dienone is 1. The molecule has 0 radical (unpaired) electrons. The summed E-state index contributed by atoms with van der Waals surface area (Å²) in [5, 5.41) is 12.5. The van der Waals surface area contributed by atoms with Crippen molar-refractivity contribution in [3.05, 3.63) is 11.6 Å². The van der Waals surface area contributed by atoms with Crippen molar-refractivity contribution in [2.75, 3.05) is 39.3 Å². The van der Waals surface area contributed by atoms with E-state index in [1.807, 2.05) is 13.8 Å². The molecule has 2 atom stereocenters. The first kappa shape index (κ1) is 18.4. The minimum Gasteiger partial charge on any atom is -0.392 e. The average molecular weight is 323 g/mol. The highest BCUT2D eigenvalue weighted by Crippen LogP contribution is 2.19. The molecule has 1 fully saturated rings. The van der Waals surface area contributed by atoms with Gasteiger partial charge in [0.1, 0.15) is 0 Å². The van der Waals surface area contributed by atoms with Crippen LogP contribution in [0.2, 0.25) is 0 Å². The van der Waals surface area contributed by atoms with Crippen molar-refractivity contribution in [1.29, 1.82) is 0 Å². The lowest BCUT2D eigenvalue weighted by Gasteiger charge is -2.37. The lowest BCUT2D eigenvalue weighted by molar-refractivity contribution is -0.126. The Hall–Kier alpha value is -0.910. The number of aliphatic hydroxyl groups excluding tert-OH is 1. The summed E-state index contributed by atoms with van der Waals surface area (Å²) in [6.07, 6.45) is 8.09. The molecule has 23 heavy (non-hydrogen) atoms. The third kappa shape index (κ3) is 6.24. The maximum Gasteiger partial charge on any atom is 0.237 e. The molecule has 1 saturated heterocycles. The van der Waals surface area contributed by atoms with E-state index >= 15 is 0 Å². The lowest BCUT2D eigenvalue weighted by atomic mass is 9.97. The molecule has 0 spiro atoms. The molecular weight excluding hydrogens is 290 g/mol. The van der Waals surface area contributed by atoms with Crippen LogP contribution in [0.5, 0.6) is 0 Å². The number of β-amino-alcohol motifs (C(OH)–C–C–N with tert-alkyl or cyclic N) is 1. The Morgan fingerprint density at radius 2 is 2.00 bits per heavy atom. The Kier molecular flexibility index (Phi) is 7.53. The standard InChI is InChI=1S/C18H33N3O2/c1-15(22)14-20-10-12-21(13-11-20)16(2)18(23)19-9-8-17-6-4-3-5-7-17/h6,15-16,22H,3-5,7-14H2,1-2H3,(H,19,23). The molecule has 0 aromatic heterocycles. The highest BCUT2D eigenvalue weighted by Gasteiger charge is 2.25. The van der Waals surface area contributed by atoms with E-state index in [0.717, 1.165) is 45.7 Å². The second-order valence-corrected chi connectivity index (χ2v) is 7.01. The quantitative estimate of drug-likeness (QED) is 0.695. The Morgan fingerprint density at radius 1 is 1.26 bits per heavy atom. The number of piperazine rings is 1. The van der Waals surface area contributed by atoms with E-state index in [2.05, 4.69) is 21.2 Å². The number of amides is 1. The normalized spacial score (nSPS) is 23.2. The first-order valence-electron chi connectivity index (χ1n) is 9.16. The predicted octanol–water partition coefficient (Wildman–Crippen LogP) is 1.38. The molecule has 0 saturated carbocycles. The largest absolute Gasteiger partial charge is 0.392 e. The van der Waals surface area contributed by atoms with E-state index in [1.54, 1.807) is 0 Å². The van der Waals surface area contributed by atoms with Gasteiger partial charge in [-0.05, 0) is 46.0 Å². The van der Waals surface area contributed by atoms with Crippen LogP contribution in [0.15, 0.2) is 11.6 Å². The maximum absolute atomic E-state index is 12.3. The van der Waals surface area contributed by atoms with Gasteiger partial charge in [-0.3, -0.25) is 14.6 Å². The van der Waals surface area contributed by atoms with Gasteiger partial charge in [0.15, 0.2) is 0 Å².